The van der Waals surface area contributed by atoms with Gasteiger partial charge < -0.3 is 5.11 Å². The van der Waals surface area contributed by atoms with Crippen molar-refractivity contribution in [3.05, 3.63) is 39.4 Å². The van der Waals surface area contributed by atoms with Gasteiger partial charge in [-0.25, -0.2) is 0 Å². The van der Waals surface area contributed by atoms with Crippen LogP contribution in [0.5, 0.6) is 0 Å². The van der Waals surface area contributed by atoms with E-state index in [2.05, 4.69) is 11.8 Å². The van der Waals surface area contributed by atoms with Crippen LogP contribution in [-0.2, 0) is 0 Å². The van der Waals surface area contributed by atoms with Crippen LogP contribution in [0.3, 0.4) is 0 Å². The van der Waals surface area contributed by atoms with Gasteiger partial charge in [-0.1, -0.05) is 6.07 Å². The molecule has 1 aliphatic rings. The van der Waals surface area contributed by atoms with Crippen molar-refractivity contribution in [3.8, 4) is 0 Å². The van der Waals surface area contributed by atoms with Crippen molar-refractivity contribution in [1.29, 1.82) is 0 Å². The molecule has 0 bridgehead atoms. The lowest BCUT2D eigenvalue weighted by Gasteiger charge is -2.26. The monoisotopic (exact) mass is 278 g/mol. The van der Waals surface area contributed by atoms with Gasteiger partial charge in [-0.2, -0.15) is 0 Å². The Morgan fingerprint density at radius 1 is 1.45 bits per heavy atom. The van der Waals surface area contributed by atoms with Crippen LogP contribution in [0, 0.1) is 23.0 Å². The number of rotatable bonds is 4. The van der Waals surface area contributed by atoms with Gasteiger partial charge in [0.2, 0.25) is 0 Å². The van der Waals surface area contributed by atoms with Gasteiger partial charge in [0.1, 0.15) is 0 Å². The third-order valence-electron chi connectivity index (χ3n) is 4.41. The maximum absolute atomic E-state index is 10.9. The smallest absolute Gasteiger partial charge is 0.269 e. The summed E-state index contributed by atoms with van der Waals surface area (Å²) in [5.74, 6) is 0.302. The molecule has 1 aromatic rings. The number of benzene rings is 1. The molecule has 0 saturated carbocycles. The van der Waals surface area contributed by atoms with Gasteiger partial charge in [0.25, 0.3) is 5.69 Å². The average Bonchev–Trinajstić information content (AvgIpc) is 2.88. The molecule has 1 heterocycles. The van der Waals surface area contributed by atoms with Crippen LogP contribution in [0.2, 0.25) is 0 Å². The zero-order chi connectivity index (χ0) is 14.9. The van der Waals surface area contributed by atoms with E-state index in [0.29, 0.717) is 5.92 Å². The zero-order valence-electron chi connectivity index (χ0n) is 12.2. The minimum Gasteiger partial charge on any atom is -0.393 e. The van der Waals surface area contributed by atoms with E-state index in [1.54, 1.807) is 12.1 Å². The van der Waals surface area contributed by atoms with Crippen LogP contribution in [0.25, 0.3) is 0 Å². The molecule has 3 atom stereocenters. The number of aliphatic hydroxyl groups excluding tert-OH is 1. The summed E-state index contributed by atoms with van der Waals surface area (Å²) in [6.45, 7) is 7.67. The molecular formula is C15H22N2O3. The lowest BCUT2D eigenvalue weighted by atomic mass is 10.00. The topological polar surface area (TPSA) is 66.6 Å². The number of nitro benzene ring substituents is 1. The van der Waals surface area contributed by atoms with Crippen LogP contribution in [-0.4, -0.2) is 34.1 Å². The highest BCUT2D eigenvalue weighted by Gasteiger charge is 2.30. The standard InChI is InChI=1S/C15H22N2O3/c1-10-4-5-14(17(19)20)8-15(10)11(2)16-7-6-13(9-16)12(3)18/h4-5,8,11-13,18H,6-7,9H2,1-3H3. The first-order valence-corrected chi connectivity index (χ1v) is 7.07. The van der Waals surface area contributed by atoms with E-state index in [1.165, 1.54) is 0 Å². The van der Waals surface area contributed by atoms with Gasteiger partial charge in [-0.05, 0) is 50.8 Å². The Bertz CT molecular complexity index is 502. The predicted molar refractivity (Wildman–Crippen MR) is 77.6 cm³/mol. The predicted octanol–water partition coefficient (Wildman–Crippen LogP) is 2.67. The molecule has 0 spiro atoms. The van der Waals surface area contributed by atoms with Crippen molar-refractivity contribution in [1.82, 2.24) is 4.90 Å². The molecule has 2 rings (SSSR count). The van der Waals surface area contributed by atoms with Gasteiger partial charge >= 0.3 is 0 Å². The fourth-order valence-electron chi connectivity index (χ4n) is 2.95. The summed E-state index contributed by atoms with van der Waals surface area (Å²) in [6, 6.07) is 5.18. The van der Waals surface area contributed by atoms with Gasteiger partial charge in [-0.3, -0.25) is 15.0 Å². The average molecular weight is 278 g/mol. The largest absolute Gasteiger partial charge is 0.393 e. The third kappa shape index (κ3) is 2.99. The number of aliphatic hydroxyl groups is 1. The molecule has 110 valence electrons. The summed E-state index contributed by atoms with van der Waals surface area (Å²) in [7, 11) is 0. The Labute approximate surface area is 119 Å². The van der Waals surface area contributed by atoms with Crippen molar-refractivity contribution in [3.63, 3.8) is 0 Å². The highest BCUT2D eigenvalue weighted by Crippen LogP contribution is 2.32. The van der Waals surface area contributed by atoms with Crippen molar-refractivity contribution in [2.24, 2.45) is 5.92 Å². The van der Waals surface area contributed by atoms with Gasteiger partial charge in [-0.15, -0.1) is 0 Å². The minimum absolute atomic E-state index is 0.138. The quantitative estimate of drug-likeness (QED) is 0.679. The highest BCUT2D eigenvalue weighted by atomic mass is 16.6. The van der Waals surface area contributed by atoms with Crippen molar-refractivity contribution >= 4 is 5.69 Å². The molecule has 1 aromatic carbocycles. The van der Waals surface area contributed by atoms with E-state index in [0.717, 1.165) is 30.6 Å². The molecule has 1 saturated heterocycles. The van der Waals surface area contributed by atoms with Gasteiger partial charge in [0.15, 0.2) is 0 Å². The molecule has 5 heteroatoms. The fourth-order valence-corrected chi connectivity index (χ4v) is 2.95. The Morgan fingerprint density at radius 3 is 2.70 bits per heavy atom. The highest BCUT2D eigenvalue weighted by molar-refractivity contribution is 5.40. The normalized spacial score (nSPS) is 22.7. The van der Waals surface area contributed by atoms with Crippen LogP contribution in [0.1, 0.15) is 37.4 Å². The SMILES string of the molecule is Cc1ccc([N+](=O)[O-])cc1C(C)N1CCC(C(C)O)C1. The van der Waals surface area contributed by atoms with E-state index in [1.807, 2.05) is 19.9 Å². The molecule has 20 heavy (non-hydrogen) atoms. The Hall–Kier alpha value is -1.46. The minimum atomic E-state index is -0.349. The number of non-ortho nitro benzene ring substituents is 1. The van der Waals surface area contributed by atoms with E-state index in [4.69, 9.17) is 0 Å². The van der Waals surface area contributed by atoms with Gasteiger partial charge in [0, 0.05) is 24.7 Å². The summed E-state index contributed by atoms with van der Waals surface area (Å²) in [4.78, 5) is 12.9. The summed E-state index contributed by atoms with van der Waals surface area (Å²) in [6.07, 6.45) is 0.689. The molecular weight excluding hydrogens is 256 g/mol. The molecule has 3 unspecified atom stereocenters. The maximum Gasteiger partial charge on any atom is 0.269 e. The molecule has 0 aromatic heterocycles. The van der Waals surface area contributed by atoms with Crippen LogP contribution >= 0.6 is 0 Å². The number of aryl methyl sites for hydroxylation is 1. The Morgan fingerprint density at radius 2 is 2.15 bits per heavy atom. The lowest BCUT2D eigenvalue weighted by Crippen LogP contribution is -2.27. The van der Waals surface area contributed by atoms with E-state index >= 15 is 0 Å². The number of nitro groups is 1. The maximum atomic E-state index is 10.9. The number of likely N-dealkylation sites (tertiary alicyclic amines) is 1. The van der Waals surface area contributed by atoms with E-state index in [-0.39, 0.29) is 22.8 Å². The van der Waals surface area contributed by atoms with Crippen molar-refractivity contribution in [2.45, 2.75) is 39.3 Å². The first kappa shape index (κ1) is 14.9. The summed E-state index contributed by atoms with van der Waals surface area (Å²) < 4.78 is 0. The molecule has 5 nitrogen and oxygen atoms in total. The first-order chi connectivity index (χ1) is 9.40. The summed E-state index contributed by atoms with van der Waals surface area (Å²) in [5, 5.41) is 20.6. The second-order valence-electron chi connectivity index (χ2n) is 5.76. The molecule has 1 fully saturated rings. The summed E-state index contributed by atoms with van der Waals surface area (Å²) >= 11 is 0. The number of hydrogen-bond acceptors (Lipinski definition) is 4. The second-order valence-corrected chi connectivity index (χ2v) is 5.76. The molecule has 0 radical (unpaired) electrons. The Kier molecular flexibility index (Phi) is 4.40. The number of nitrogens with zero attached hydrogens (tertiary/aromatic N) is 2. The second kappa shape index (κ2) is 5.89. The zero-order valence-corrected chi connectivity index (χ0v) is 12.2. The molecule has 1 aliphatic heterocycles. The van der Waals surface area contributed by atoms with Gasteiger partial charge in [0.05, 0.1) is 11.0 Å². The van der Waals surface area contributed by atoms with E-state index < -0.39 is 0 Å². The van der Waals surface area contributed by atoms with Crippen molar-refractivity contribution in [2.75, 3.05) is 13.1 Å². The van der Waals surface area contributed by atoms with Crippen LogP contribution < -0.4 is 0 Å². The van der Waals surface area contributed by atoms with Crippen molar-refractivity contribution < 1.29 is 10.0 Å². The molecule has 1 N–H and O–H groups in total. The lowest BCUT2D eigenvalue weighted by molar-refractivity contribution is -0.385. The molecule has 0 amide bonds. The molecule has 0 aliphatic carbocycles. The third-order valence-corrected chi connectivity index (χ3v) is 4.41. The Balaban J connectivity index is 2.19. The first-order valence-electron chi connectivity index (χ1n) is 7.07. The van der Waals surface area contributed by atoms with Crippen LogP contribution in [0.4, 0.5) is 5.69 Å². The van der Waals surface area contributed by atoms with E-state index in [9.17, 15) is 15.2 Å². The summed E-state index contributed by atoms with van der Waals surface area (Å²) in [5.41, 5.74) is 2.22. The fraction of sp³-hybridized carbons (Fsp3) is 0.600. The van der Waals surface area contributed by atoms with Crippen LogP contribution in [0.15, 0.2) is 18.2 Å². The number of hydrogen-bond donors (Lipinski definition) is 1.